The van der Waals surface area contributed by atoms with Crippen molar-refractivity contribution in [3.8, 4) is 5.75 Å². The van der Waals surface area contributed by atoms with Gasteiger partial charge in [-0.25, -0.2) is 0 Å². The molecule has 128 valence electrons. The number of aromatic nitrogens is 2. The first-order valence-corrected chi connectivity index (χ1v) is 8.41. The first kappa shape index (κ1) is 16.5. The molecule has 6 nitrogen and oxygen atoms in total. The van der Waals surface area contributed by atoms with Crippen LogP contribution in [0.3, 0.4) is 0 Å². The van der Waals surface area contributed by atoms with Gasteiger partial charge < -0.3 is 15.4 Å². The second-order valence-corrected chi connectivity index (χ2v) is 6.18. The summed E-state index contributed by atoms with van der Waals surface area (Å²) in [6.07, 6.45) is 1.98. The van der Waals surface area contributed by atoms with E-state index in [0.29, 0.717) is 25.3 Å². The minimum absolute atomic E-state index is 0.0204. The van der Waals surface area contributed by atoms with Crippen LogP contribution in [-0.4, -0.2) is 29.3 Å². The zero-order valence-electron chi connectivity index (χ0n) is 14.2. The van der Waals surface area contributed by atoms with Crippen LogP contribution in [0.2, 0.25) is 0 Å². The molecule has 3 N–H and O–H groups in total. The number of carbonyl (C=O) groups is 1. The maximum absolute atomic E-state index is 12.1. The number of rotatable bonds is 6. The van der Waals surface area contributed by atoms with Crippen molar-refractivity contribution in [2.75, 3.05) is 18.5 Å². The highest BCUT2D eigenvalue weighted by molar-refractivity contribution is 5.90. The SMILES string of the molecule is Cc1cccc(C)c1OCCCC(=O)Nc1n[nH]c2c1CCNC2. The molecule has 1 aromatic heterocycles. The van der Waals surface area contributed by atoms with Crippen molar-refractivity contribution in [3.63, 3.8) is 0 Å². The molecule has 2 heterocycles. The van der Waals surface area contributed by atoms with Gasteiger partial charge in [-0.1, -0.05) is 18.2 Å². The van der Waals surface area contributed by atoms with Crippen LogP contribution in [0.1, 0.15) is 35.2 Å². The lowest BCUT2D eigenvalue weighted by molar-refractivity contribution is -0.116. The highest BCUT2D eigenvalue weighted by Crippen LogP contribution is 2.23. The Labute approximate surface area is 142 Å². The summed E-state index contributed by atoms with van der Waals surface area (Å²) in [5, 5.41) is 13.4. The molecule has 1 aliphatic rings. The van der Waals surface area contributed by atoms with Gasteiger partial charge in [0.2, 0.25) is 5.91 Å². The van der Waals surface area contributed by atoms with E-state index in [1.54, 1.807) is 0 Å². The number of aromatic amines is 1. The Hall–Kier alpha value is -2.34. The molecule has 0 saturated heterocycles. The Bertz CT molecular complexity index is 704. The van der Waals surface area contributed by atoms with Crippen LogP contribution >= 0.6 is 0 Å². The Kier molecular flexibility index (Phi) is 5.15. The highest BCUT2D eigenvalue weighted by atomic mass is 16.5. The minimum Gasteiger partial charge on any atom is -0.493 e. The summed E-state index contributed by atoms with van der Waals surface area (Å²) in [6.45, 7) is 6.29. The van der Waals surface area contributed by atoms with Crippen molar-refractivity contribution in [2.24, 2.45) is 0 Å². The molecule has 0 aliphatic carbocycles. The van der Waals surface area contributed by atoms with Crippen LogP contribution in [0.4, 0.5) is 5.82 Å². The Morgan fingerprint density at radius 1 is 1.33 bits per heavy atom. The van der Waals surface area contributed by atoms with Gasteiger partial charge in [-0.2, -0.15) is 5.10 Å². The molecule has 1 aromatic carbocycles. The van der Waals surface area contributed by atoms with Crippen molar-refractivity contribution >= 4 is 11.7 Å². The van der Waals surface area contributed by atoms with Crippen molar-refractivity contribution in [1.82, 2.24) is 15.5 Å². The Morgan fingerprint density at radius 3 is 2.92 bits per heavy atom. The second kappa shape index (κ2) is 7.49. The molecule has 0 spiro atoms. The summed E-state index contributed by atoms with van der Waals surface area (Å²) in [4.78, 5) is 12.1. The summed E-state index contributed by atoms with van der Waals surface area (Å²) in [5.41, 5.74) is 4.43. The minimum atomic E-state index is -0.0204. The van der Waals surface area contributed by atoms with E-state index in [9.17, 15) is 4.79 Å². The van der Waals surface area contributed by atoms with E-state index in [1.807, 2.05) is 32.0 Å². The third-order valence-electron chi connectivity index (χ3n) is 4.27. The fourth-order valence-corrected chi connectivity index (χ4v) is 2.98. The molecule has 0 bridgehead atoms. The lowest BCUT2D eigenvalue weighted by atomic mass is 10.1. The van der Waals surface area contributed by atoms with E-state index in [1.165, 1.54) is 0 Å². The number of amides is 1. The molecule has 0 unspecified atom stereocenters. The topological polar surface area (TPSA) is 79.0 Å². The summed E-state index contributed by atoms with van der Waals surface area (Å²) in [7, 11) is 0. The largest absolute Gasteiger partial charge is 0.493 e. The number of carbonyl (C=O) groups excluding carboxylic acids is 1. The van der Waals surface area contributed by atoms with Crippen molar-refractivity contribution in [2.45, 2.75) is 39.7 Å². The van der Waals surface area contributed by atoms with E-state index in [-0.39, 0.29) is 5.91 Å². The fraction of sp³-hybridized carbons (Fsp3) is 0.444. The van der Waals surface area contributed by atoms with Gasteiger partial charge in [-0.3, -0.25) is 9.89 Å². The molecule has 1 amide bonds. The van der Waals surface area contributed by atoms with Crippen molar-refractivity contribution < 1.29 is 9.53 Å². The summed E-state index contributed by atoms with van der Waals surface area (Å²) in [6, 6.07) is 6.08. The number of aryl methyl sites for hydroxylation is 2. The third-order valence-corrected chi connectivity index (χ3v) is 4.27. The summed E-state index contributed by atoms with van der Waals surface area (Å²) in [5.74, 6) is 1.58. The maximum Gasteiger partial charge on any atom is 0.225 e. The lowest BCUT2D eigenvalue weighted by Gasteiger charge is -2.13. The predicted octanol–water partition coefficient (Wildman–Crippen LogP) is 2.47. The Morgan fingerprint density at radius 2 is 2.12 bits per heavy atom. The number of ether oxygens (including phenoxy) is 1. The van der Waals surface area contributed by atoms with E-state index >= 15 is 0 Å². The van der Waals surface area contributed by atoms with Crippen LogP contribution < -0.4 is 15.4 Å². The summed E-state index contributed by atoms with van der Waals surface area (Å²) < 4.78 is 5.83. The van der Waals surface area contributed by atoms with E-state index in [0.717, 1.165) is 47.6 Å². The first-order chi connectivity index (χ1) is 11.6. The van der Waals surface area contributed by atoms with Gasteiger partial charge in [0.05, 0.1) is 12.3 Å². The number of para-hydroxylation sites is 1. The normalized spacial score (nSPS) is 13.4. The number of anilines is 1. The van der Waals surface area contributed by atoms with Crippen molar-refractivity contribution in [3.05, 3.63) is 40.6 Å². The van der Waals surface area contributed by atoms with Gasteiger partial charge in [0.25, 0.3) is 0 Å². The molecular formula is C18H24N4O2. The van der Waals surface area contributed by atoms with Crippen LogP contribution in [-0.2, 0) is 17.8 Å². The number of nitrogens with one attached hydrogen (secondary N) is 3. The molecule has 3 rings (SSSR count). The lowest BCUT2D eigenvalue weighted by Crippen LogP contribution is -2.24. The van der Waals surface area contributed by atoms with Gasteiger partial charge in [0, 0.05) is 18.5 Å². The van der Waals surface area contributed by atoms with Gasteiger partial charge in [-0.05, 0) is 44.4 Å². The molecule has 0 fully saturated rings. The van der Waals surface area contributed by atoms with Crippen LogP contribution in [0.5, 0.6) is 5.75 Å². The van der Waals surface area contributed by atoms with Gasteiger partial charge in [0.1, 0.15) is 5.75 Å². The van der Waals surface area contributed by atoms with E-state index in [4.69, 9.17) is 4.74 Å². The maximum atomic E-state index is 12.1. The number of H-pyrrole nitrogens is 1. The molecule has 6 heteroatoms. The quantitative estimate of drug-likeness (QED) is 0.712. The highest BCUT2D eigenvalue weighted by Gasteiger charge is 2.17. The van der Waals surface area contributed by atoms with Crippen molar-refractivity contribution in [1.29, 1.82) is 0 Å². The average Bonchev–Trinajstić information content (AvgIpc) is 2.97. The molecule has 1 aliphatic heterocycles. The smallest absolute Gasteiger partial charge is 0.225 e. The number of hydrogen-bond donors (Lipinski definition) is 3. The van der Waals surface area contributed by atoms with Crippen LogP contribution in [0.25, 0.3) is 0 Å². The molecule has 0 saturated carbocycles. The zero-order chi connectivity index (χ0) is 16.9. The zero-order valence-corrected chi connectivity index (χ0v) is 14.2. The van der Waals surface area contributed by atoms with E-state index < -0.39 is 0 Å². The van der Waals surface area contributed by atoms with Gasteiger partial charge in [-0.15, -0.1) is 0 Å². The van der Waals surface area contributed by atoms with Crippen LogP contribution in [0.15, 0.2) is 18.2 Å². The fourth-order valence-electron chi connectivity index (χ4n) is 2.98. The van der Waals surface area contributed by atoms with Crippen LogP contribution in [0, 0.1) is 13.8 Å². The first-order valence-electron chi connectivity index (χ1n) is 8.41. The number of benzene rings is 1. The summed E-state index contributed by atoms with van der Waals surface area (Å²) >= 11 is 0. The molecule has 0 radical (unpaired) electrons. The number of hydrogen-bond acceptors (Lipinski definition) is 4. The number of fused-ring (bicyclic) bond motifs is 1. The molecular weight excluding hydrogens is 304 g/mol. The van der Waals surface area contributed by atoms with Gasteiger partial charge >= 0.3 is 0 Å². The molecule has 0 atom stereocenters. The predicted molar refractivity (Wildman–Crippen MR) is 93.3 cm³/mol. The standard InChI is InChI=1S/C18H24N4O2/c1-12-5-3-6-13(2)17(12)24-10-4-7-16(23)20-18-14-8-9-19-11-15(14)21-22-18/h3,5-6,19H,4,7-11H2,1-2H3,(H2,20,21,22,23). The Balaban J connectivity index is 1.46. The third kappa shape index (κ3) is 3.76. The molecule has 24 heavy (non-hydrogen) atoms. The number of nitrogens with zero attached hydrogens (tertiary/aromatic N) is 1. The molecule has 2 aromatic rings. The second-order valence-electron chi connectivity index (χ2n) is 6.18. The van der Waals surface area contributed by atoms with E-state index in [2.05, 4.69) is 20.8 Å². The van der Waals surface area contributed by atoms with Gasteiger partial charge in [0.15, 0.2) is 5.82 Å². The monoisotopic (exact) mass is 328 g/mol. The average molecular weight is 328 g/mol.